The number of primary amides is 1. The Morgan fingerprint density at radius 1 is 1.10 bits per heavy atom. The summed E-state index contributed by atoms with van der Waals surface area (Å²) in [5, 5.41) is 13.9. The van der Waals surface area contributed by atoms with Crippen LogP contribution in [0.25, 0.3) is 0 Å². The van der Waals surface area contributed by atoms with Crippen molar-refractivity contribution in [2.24, 2.45) is 23.5 Å². The number of aliphatic hydroxyl groups is 1. The Morgan fingerprint density at radius 3 is 2.46 bits per heavy atom. The van der Waals surface area contributed by atoms with Gasteiger partial charge in [0.05, 0.1) is 30.6 Å². The van der Waals surface area contributed by atoms with Gasteiger partial charge < -0.3 is 44.3 Å². The zero-order valence-electron chi connectivity index (χ0n) is 39.4. The van der Waals surface area contributed by atoms with Gasteiger partial charge in [-0.05, 0) is 76.5 Å². The monoisotopic (exact) mass is 973 g/mol. The van der Waals surface area contributed by atoms with Crippen molar-refractivity contribution >= 4 is 70.6 Å². The van der Waals surface area contributed by atoms with Gasteiger partial charge in [-0.15, -0.1) is 11.8 Å². The molecule has 1 unspecified atom stereocenters. The van der Waals surface area contributed by atoms with E-state index in [4.69, 9.17) is 41.0 Å². The van der Waals surface area contributed by atoms with Crippen LogP contribution in [0.4, 0.5) is 10.5 Å². The van der Waals surface area contributed by atoms with Crippen molar-refractivity contribution in [2.75, 3.05) is 45.5 Å². The number of likely N-dealkylation sites (tertiary alicyclic amines) is 1. The number of esters is 1. The topological polar surface area (TPSA) is 237 Å². The first-order chi connectivity index (χ1) is 31.6. The van der Waals surface area contributed by atoms with E-state index >= 15 is 0 Å². The highest BCUT2D eigenvalue weighted by Crippen LogP contribution is 2.49. The maximum atomic E-state index is 14.3. The maximum absolute atomic E-state index is 14.3. The number of ether oxygens (including phenoxy) is 5. The summed E-state index contributed by atoms with van der Waals surface area (Å²) < 4.78 is 29.4. The Hall–Kier alpha value is -4.69. The highest BCUT2D eigenvalue weighted by Gasteiger charge is 2.64. The van der Waals surface area contributed by atoms with Gasteiger partial charge in [0, 0.05) is 64.6 Å². The molecule has 4 bridgehead atoms. The molecule has 4 fully saturated rings. The van der Waals surface area contributed by atoms with Gasteiger partial charge in [-0.1, -0.05) is 42.3 Å². The lowest BCUT2D eigenvalue weighted by Crippen LogP contribution is -2.63. The van der Waals surface area contributed by atoms with Crippen LogP contribution in [0.1, 0.15) is 84.6 Å². The van der Waals surface area contributed by atoms with E-state index in [1.54, 1.807) is 45.2 Å². The summed E-state index contributed by atoms with van der Waals surface area (Å²) in [6.07, 6.45) is 3.11. The number of fused-ring (bicyclic) bond motifs is 5. The van der Waals surface area contributed by atoms with Gasteiger partial charge >= 0.3 is 12.1 Å². The van der Waals surface area contributed by atoms with Gasteiger partial charge in [0.2, 0.25) is 29.5 Å². The number of anilines is 1. The molecule has 20 heteroatoms. The molecule has 1 saturated carbocycles. The first-order valence-electron chi connectivity index (χ1n) is 22.7. The average Bonchev–Trinajstić information content (AvgIpc) is 3.91. The Labute approximate surface area is 400 Å². The number of amides is 6. The third kappa shape index (κ3) is 11.6. The Morgan fingerprint density at radius 2 is 1.81 bits per heavy atom. The van der Waals surface area contributed by atoms with Gasteiger partial charge in [0.1, 0.15) is 40.7 Å². The highest BCUT2D eigenvalue weighted by atomic mass is 35.5. The number of nitrogens with zero attached hydrogens (tertiary/aromatic N) is 3. The molecule has 4 heterocycles. The summed E-state index contributed by atoms with van der Waals surface area (Å²) in [5.41, 5.74) is 4.31. The molecule has 1 aromatic rings. The molecule has 6 amide bonds. The van der Waals surface area contributed by atoms with Crippen LogP contribution in [0, 0.1) is 17.8 Å². The van der Waals surface area contributed by atoms with Crippen molar-refractivity contribution in [1.29, 1.82) is 0 Å². The molecule has 5 aliphatic rings. The van der Waals surface area contributed by atoms with Crippen LogP contribution in [-0.4, -0.2) is 144 Å². The van der Waals surface area contributed by atoms with Crippen molar-refractivity contribution in [3.8, 4) is 5.75 Å². The van der Waals surface area contributed by atoms with Crippen molar-refractivity contribution < 1.29 is 62.4 Å². The number of imide groups is 1. The molecule has 368 valence electrons. The number of carbonyl (C=O) groups excluding carboxylic acids is 7. The molecular weight excluding hydrogens is 910 g/mol. The van der Waals surface area contributed by atoms with Gasteiger partial charge in [-0.2, -0.15) is 0 Å². The molecule has 4 aliphatic heterocycles. The molecule has 67 heavy (non-hydrogen) atoms. The zero-order valence-corrected chi connectivity index (χ0v) is 41.0. The summed E-state index contributed by atoms with van der Waals surface area (Å²) in [4.78, 5) is 96.5. The van der Waals surface area contributed by atoms with E-state index in [1.807, 2.05) is 13.0 Å². The van der Waals surface area contributed by atoms with Gasteiger partial charge in [0.25, 0.3) is 0 Å². The van der Waals surface area contributed by atoms with Crippen molar-refractivity contribution in [3.63, 3.8) is 0 Å². The lowest BCUT2D eigenvalue weighted by molar-refractivity contribution is -0.162. The summed E-state index contributed by atoms with van der Waals surface area (Å²) in [7, 11) is 5.89. The van der Waals surface area contributed by atoms with E-state index in [-0.39, 0.29) is 66.0 Å². The Balaban J connectivity index is 1.16. The lowest BCUT2D eigenvalue weighted by atomic mass is 9.81. The lowest BCUT2D eigenvalue weighted by Gasteiger charge is -2.42. The van der Waals surface area contributed by atoms with Crippen LogP contribution >= 0.6 is 23.4 Å². The fourth-order valence-electron chi connectivity index (χ4n) is 9.55. The number of benzene rings is 1. The Kier molecular flexibility index (Phi) is 16.4. The smallest absolute Gasteiger partial charge is 0.409 e. The van der Waals surface area contributed by atoms with Crippen molar-refractivity contribution in [2.45, 2.75) is 133 Å². The third-order valence-electron chi connectivity index (χ3n) is 14.1. The molecule has 0 spiro atoms. The number of hydrogen-bond donors (Lipinski definition) is 3. The zero-order chi connectivity index (χ0) is 49.1. The molecule has 9 atom stereocenters. The quantitative estimate of drug-likeness (QED) is 0.152. The number of epoxide rings is 1. The summed E-state index contributed by atoms with van der Waals surface area (Å²) in [5.74, 6) is -2.71. The van der Waals surface area contributed by atoms with Gasteiger partial charge in [0.15, 0.2) is 5.72 Å². The highest BCUT2D eigenvalue weighted by molar-refractivity contribution is 8.00. The minimum Gasteiger partial charge on any atom is -0.495 e. The number of methoxy groups -OCH3 is 2. The van der Waals surface area contributed by atoms with E-state index in [2.05, 4.69) is 5.32 Å². The standard InChI is InChI=1S/C47H64ClN5O13S/c1-25-10-9-11-35(63-8)47(61)23-33(64-45(60)50-47)26(2)41-46(4,66-41)36(22-38(55)52(6)31-19-29(18-25)20-32(62-7)40(31)48)65-44(59)27(3)51(5)37(54)16-17-67-34-21-39(56)53(43(34)58)24-28-12-14-30(15-13-28)42(49)57/h9-11,19-20,26-28,30,33-36,41,61H,12-18,21-24H2,1-8H3,(H2,49,57)(H,50,60)/b11-9+,25-10+/t26-,27+,28?,30?,33+,34?,35-,36+,41+,46-,47+/m1/s1. The number of halogens is 1. The second-order valence-electron chi connectivity index (χ2n) is 18.7. The molecule has 6 rings (SSSR count). The predicted molar refractivity (Wildman–Crippen MR) is 248 cm³/mol. The minimum absolute atomic E-state index is 0.0246. The van der Waals surface area contributed by atoms with Crippen molar-refractivity contribution in [3.05, 3.63) is 46.5 Å². The first-order valence-corrected chi connectivity index (χ1v) is 24.1. The molecule has 18 nitrogen and oxygen atoms in total. The molecule has 1 aliphatic carbocycles. The number of alkyl carbamates (subject to hydrolysis) is 1. The average molecular weight is 975 g/mol. The van der Waals surface area contributed by atoms with E-state index < -0.39 is 76.8 Å². The fraction of sp³-hybridized carbons (Fsp3) is 0.638. The number of likely N-dealkylation sites (N-methyl/N-ethyl adjacent to an activating group) is 1. The van der Waals surface area contributed by atoms with E-state index in [0.29, 0.717) is 50.1 Å². The normalized spacial score (nSPS) is 33.1. The number of thioether (sulfide) groups is 1. The number of rotatable bonds is 12. The molecule has 0 aromatic heterocycles. The molecular formula is C47H64ClN5O13S. The second kappa shape index (κ2) is 21.3. The number of nitrogens with one attached hydrogen (secondary N) is 1. The van der Waals surface area contributed by atoms with Crippen LogP contribution < -0.4 is 20.7 Å². The fourth-order valence-corrected chi connectivity index (χ4v) is 11.0. The summed E-state index contributed by atoms with van der Waals surface area (Å²) in [6.45, 7) is 7.16. The molecule has 1 aromatic carbocycles. The van der Waals surface area contributed by atoms with E-state index in [0.717, 1.165) is 11.1 Å². The van der Waals surface area contributed by atoms with Crippen LogP contribution in [0.5, 0.6) is 5.75 Å². The molecule has 3 saturated heterocycles. The molecule has 4 N–H and O–H groups in total. The van der Waals surface area contributed by atoms with Crippen molar-refractivity contribution in [1.82, 2.24) is 15.1 Å². The van der Waals surface area contributed by atoms with Gasteiger partial charge in [-0.3, -0.25) is 34.2 Å². The summed E-state index contributed by atoms with van der Waals surface area (Å²) >= 11 is 8.02. The summed E-state index contributed by atoms with van der Waals surface area (Å²) in [6, 6.07) is 2.42. The van der Waals surface area contributed by atoms with Crippen LogP contribution in [0.2, 0.25) is 5.02 Å². The number of allylic oxidation sites excluding steroid dienone is 3. The number of nitrogens with two attached hydrogens (primary N) is 1. The molecule has 0 radical (unpaired) electrons. The van der Waals surface area contributed by atoms with E-state index in [9.17, 15) is 38.7 Å². The maximum Gasteiger partial charge on any atom is 0.409 e. The van der Waals surface area contributed by atoms with Crippen LogP contribution in [0.3, 0.4) is 0 Å². The van der Waals surface area contributed by atoms with E-state index in [1.165, 1.54) is 54.7 Å². The third-order valence-corrected chi connectivity index (χ3v) is 15.6. The SMILES string of the molecule is COc1cc2cc(c1Cl)N(C)C(=O)C[C@H](OC(=O)[C@H](C)N(C)C(=O)CCSC1CC(=O)N(CC3CCC(C(N)=O)CC3)C1=O)[C@@]1(C)O[C@H]1[C@H](C)[C@@H]1C[C@@](O)(NC(=O)O1)[C@H](OC)/C=C/C=C(\C)C2. The van der Waals surface area contributed by atoms with Gasteiger partial charge in [-0.25, -0.2) is 9.59 Å². The van der Waals surface area contributed by atoms with Crippen LogP contribution in [-0.2, 0) is 54.1 Å². The van der Waals surface area contributed by atoms with Crippen LogP contribution in [0.15, 0.2) is 35.9 Å². The first kappa shape index (κ1) is 51.7. The second-order valence-corrected chi connectivity index (χ2v) is 20.4. The number of hydrogen-bond acceptors (Lipinski definition) is 14. The minimum atomic E-state index is -1.87. The largest absolute Gasteiger partial charge is 0.495 e. The predicted octanol–water partition coefficient (Wildman–Crippen LogP) is 4.06. The number of carbonyl (C=O) groups is 7. The Bertz CT molecular complexity index is 2170.